The SMILES string of the molecule is NNC(Cc1cccnc1)C1=CCCCC1. The van der Waals surface area contributed by atoms with Crippen molar-refractivity contribution in [2.45, 2.75) is 38.1 Å². The molecule has 1 heterocycles. The van der Waals surface area contributed by atoms with Crippen molar-refractivity contribution in [2.24, 2.45) is 5.84 Å². The minimum absolute atomic E-state index is 0.268. The summed E-state index contributed by atoms with van der Waals surface area (Å²) >= 11 is 0. The van der Waals surface area contributed by atoms with Gasteiger partial charge in [-0.3, -0.25) is 16.3 Å². The highest BCUT2D eigenvalue weighted by Crippen LogP contribution is 2.21. The van der Waals surface area contributed by atoms with Crippen molar-refractivity contribution < 1.29 is 0 Å². The minimum atomic E-state index is 0.268. The number of hydrazine groups is 1. The first-order valence-electron chi connectivity index (χ1n) is 5.94. The standard InChI is InChI=1S/C13H19N3/c14-16-13(12-6-2-1-3-7-12)9-11-5-4-8-15-10-11/h4-6,8,10,13,16H,1-3,7,9,14H2. The summed E-state index contributed by atoms with van der Waals surface area (Å²) < 4.78 is 0. The molecule has 16 heavy (non-hydrogen) atoms. The Hall–Kier alpha value is -1.19. The number of nitrogens with zero attached hydrogens (tertiary/aromatic N) is 1. The maximum Gasteiger partial charge on any atom is 0.0460 e. The predicted molar refractivity (Wildman–Crippen MR) is 65.6 cm³/mol. The molecule has 0 aromatic carbocycles. The summed E-state index contributed by atoms with van der Waals surface area (Å²) in [4.78, 5) is 4.13. The summed E-state index contributed by atoms with van der Waals surface area (Å²) in [6.45, 7) is 0. The molecule has 0 bridgehead atoms. The zero-order valence-electron chi connectivity index (χ0n) is 9.52. The largest absolute Gasteiger partial charge is 0.271 e. The molecular formula is C13H19N3. The van der Waals surface area contributed by atoms with E-state index in [0.717, 1.165) is 6.42 Å². The van der Waals surface area contributed by atoms with Gasteiger partial charge in [-0.15, -0.1) is 0 Å². The van der Waals surface area contributed by atoms with E-state index in [9.17, 15) is 0 Å². The smallest absolute Gasteiger partial charge is 0.0460 e. The Kier molecular flexibility index (Phi) is 4.08. The molecule has 1 aliphatic rings. The zero-order chi connectivity index (χ0) is 11.2. The number of aromatic nitrogens is 1. The lowest BCUT2D eigenvalue weighted by atomic mass is 9.91. The van der Waals surface area contributed by atoms with E-state index in [4.69, 9.17) is 5.84 Å². The van der Waals surface area contributed by atoms with Crippen LogP contribution < -0.4 is 11.3 Å². The van der Waals surface area contributed by atoms with E-state index < -0.39 is 0 Å². The summed E-state index contributed by atoms with van der Waals surface area (Å²) in [5.41, 5.74) is 5.61. The Morgan fingerprint density at radius 2 is 2.38 bits per heavy atom. The predicted octanol–water partition coefficient (Wildman–Crippen LogP) is 1.96. The van der Waals surface area contributed by atoms with Gasteiger partial charge in [-0.1, -0.05) is 17.7 Å². The third-order valence-corrected chi connectivity index (χ3v) is 3.14. The van der Waals surface area contributed by atoms with Gasteiger partial charge in [-0.05, 0) is 43.7 Å². The van der Waals surface area contributed by atoms with Crippen molar-refractivity contribution in [1.29, 1.82) is 0 Å². The van der Waals surface area contributed by atoms with Crippen LogP contribution >= 0.6 is 0 Å². The van der Waals surface area contributed by atoms with E-state index in [1.165, 1.54) is 36.8 Å². The lowest BCUT2D eigenvalue weighted by Gasteiger charge is -2.22. The Morgan fingerprint density at radius 1 is 1.44 bits per heavy atom. The first kappa shape index (κ1) is 11.3. The van der Waals surface area contributed by atoms with Gasteiger partial charge in [0.2, 0.25) is 0 Å². The molecule has 0 aliphatic heterocycles. The number of nitrogens with two attached hydrogens (primary N) is 1. The number of hydrogen-bond acceptors (Lipinski definition) is 3. The molecule has 3 nitrogen and oxygen atoms in total. The van der Waals surface area contributed by atoms with Crippen molar-refractivity contribution in [3.63, 3.8) is 0 Å². The van der Waals surface area contributed by atoms with Gasteiger partial charge in [0, 0.05) is 18.4 Å². The van der Waals surface area contributed by atoms with Crippen LogP contribution in [0.25, 0.3) is 0 Å². The Labute approximate surface area is 96.7 Å². The van der Waals surface area contributed by atoms with E-state index in [2.05, 4.69) is 22.6 Å². The lowest BCUT2D eigenvalue weighted by Crippen LogP contribution is -2.38. The summed E-state index contributed by atoms with van der Waals surface area (Å²) in [7, 11) is 0. The monoisotopic (exact) mass is 217 g/mol. The molecule has 1 aromatic rings. The summed E-state index contributed by atoms with van der Waals surface area (Å²) in [6.07, 6.45) is 11.9. The fourth-order valence-electron chi connectivity index (χ4n) is 2.23. The molecule has 1 unspecified atom stereocenters. The van der Waals surface area contributed by atoms with Gasteiger partial charge >= 0.3 is 0 Å². The highest BCUT2D eigenvalue weighted by atomic mass is 15.2. The molecule has 0 fully saturated rings. The van der Waals surface area contributed by atoms with Crippen LogP contribution in [0.4, 0.5) is 0 Å². The molecule has 0 amide bonds. The summed E-state index contributed by atoms with van der Waals surface area (Å²) in [5.74, 6) is 5.64. The van der Waals surface area contributed by atoms with E-state index in [1.54, 1.807) is 6.20 Å². The van der Waals surface area contributed by atoms with Gasteiger partial charge in [-0.2, -0.15) is 0 Å². The van der Waals surface area contributed by atoms with Crippen LogP contribution in [0.3, 0.4) is 0 Å². The molecule has 0 saturated carbocycles. The number of rotatable bonds is 4. The van der Waals surface area contributed by atoms with Crippen LogP contribution in [-0.4, -0.2) is 11.0 Å². The van der Waals surface area contributed by atoms with E-state index in [-0.39, 0.29) is 6.04 Å². The Balaban J connectivity index is 2.03. The third-order valence-electron chi connectivity index (χ3n) is 3.14. The first-order chi connectivity index (χ1) is 7.90. The van der Waals surface area contributed by atoms with Gasteiger partial charge in [0.15, 0.2) is 0 Å². The average molecular weight is 217 g/mol. The van der Waals surface area contributed by atoms with Gasteiger partial charge in [0.25, 0.3) is 0 Å². The second kappa shape index (κ2) is 5.77. The van der Waals surface area contributed by atoms with Crippen LogP contribution in [0, 0.1) is 0 Å². The van der Waals surface area contributed by atoms with E-state index in [0.29, 0.717) is 0 Å². The van der Waals surface area contributed by atoms with Crippen LogP contribution in [0.2, 0.25) is 0 Å². The van der Waals surface area contributed by atoms with Crippen LogP contribution in [0.15, 0.2) is 36.2 Å². The fraction of sp³-hybridized carbons (Fsp3) is 0.462. The second-order valence-electron chi connectivity index (χ2n) is 4.31. The maximum absolute atomic E-state index is 5.64. The average Bonchev–Trinajstić information content (AvgIpc) is 2.38. The second-order valence-corrected chi connectivity index (χ2v) is 4.31. The normalized spacial score (nSPS) is 17.9. The lowest BCUT2D eigenvalue weighted by molar-refractivity contribution is 0.542. The van der Waals surface area contributed by atoms with E-state index >= 15 is 0 Å². The van der Waals surface area contributed by atoms with Crippen molar-refractivity contribution in [1.82, 2.24) is 10.4 Å². The molecule has 0 saturated heterocycles. The first-order valence-corrected chi connectivity index (χ1v) is 5.94. The molecule has 0 spiro atoms. The summed E-state index contributed by atoms with van der Waals surface area (Å²) in [6, 6.07) is 4.34. The molecule has 3 heteroatoms. The molecule has 86 valence electrons. The number of allylic oxidation sites excluding steroid dienone is 1. The van der Waals surface area contributed by atoms with Crippen molar-refractivity contribution in [3.05, 3.63) is 41.7 Å². The quantitative estimate of drug-likeness (QED) is 0.460. The number of nitrogens with one attached hydrogen (secondary N) is 1. The summed E-state index contributed by atoms with van der Waals surface area (Å²) in [5, 5.41) is 0. The maximum atomic E-state index is 5.64. The van der Waals surface area contributed by atoms with Crippen molar-refractivity contribution in [2.75, 3.05) is 0 Å². The molecule has 1 atom stereocenters. The number of pyridine rings is 1. The Morgan fingerprint density at radius 3 is 3.00 bits per heavy atom. The van der Waals surface area contributed by atoms with Gasteiger partial charge in [0.1, 0.15) is 0 Å². The molecule has 0 radical (unpaired) electrons. The molecule has 3 N–H and O–H groups in total. The van der Waals surface area contributed by atoms with Gasteiger partial charge in [0.05, 0.1) is 0 Å². The molecule has 2 rings (SSSR count). The fourth-order valence-corrected chi connectivity index (χ4v) is 2.23. The van der Waals surface area contributed by atoms with Crippen molar-refractivity contribution in [3.8, 4) is 0 Å². The highest BCUT2D eigenvalue weighted by Gasteiger charge is 2.15. The molecule has 1 aromatic heterocycles. The van der Waals surface area contributed by atoms with Crippen molar-refractivity contribution >= 4 is 0 Å². The van der Waals surface area contributed by atoms with Crippen LogP contribution in [0.1, 0.15) is 31.2 Å². The van der Waals surface area contributed by atoms with Crippen LogP contribution in [0.5, 0.6) is 0 Å². The topological polar surface area (TPSA) is 50.9 Å². The molecular weight excluding hydrogens is 198 g/mol. The number of hydrogen-bond donors (Lipinski definition) is 2. The van der Waals surface area contributed by atoms with Gasteiger partial charge in [-0.25, -0.2) is 0 Å². The van der Waals surface area contributed by atoms with Crippen LogP contribution in [-0.2, 0) is 6.42 Å². The minimum Gasteiger partial charge on any atom is -0.271 e. The highest BCUT2D eigenvalue weighted by molar-refractivity contribution is 5.19. The Bertz CT molecular complexity index is 345. The third kappa shape index (κ3) is 2.90. The molecule has 1 aliphatic carbocycles. The van der Waals surface area contributed by atoms with E-state index in [1.807, 2.05) is 12.3 Å². The zero-order valence-corrected chi connectivity index (χ0v) is 9.52. The van der Waals surface area contributed by atoms with Gasteiger partial charge < -0.3 is 0 Å².